The molecule has 20 heavy (non-hydrogen) atoms. The lowest BCUT2D eigenvalue weighted by atomic mass is 10.1. The van der Waals surface area contributed by atoms with Crippen molar-refractivity contribution in [1.82, 2.24) is 0 Å². The number of nitro groups is 1. The molecule has 0 aliphatic rings. The van der Waals surface area contributed by atoms with Crippen molar-refractivity contribution in [1.29, 1.82) is 0 Å². The molecule has 0 spiro atoms. The molecule has 1 rings (SSSR count). The van der Waals surface area contributed by atoms with Gasteiger partial charge in [-0.25, -0.2) is 8.42 Å². The molecule has 0 saturated carbocycles. The van der Waals surface area contributed by atoms with E-state index >= 15 is 0 Å². The van der Waals surface area contributed by atoms with E-state index in [9.17, 15) is 23.3 Å². The van der Waals surface area contributed by atoms with Gasteiger partial charge in [-0.2, -0.15) is 0 Å². The lowest BCUT2D eigenvalue weighted by molar-refractivity contribution is -0.384. The van der Waals surface area contributed by atoms with Crippen molar-refractivity contribution in [2.45, 2.75) is 24.0 Å². The third-order valence-corrected chi connectivity index (χ3v) is 5.46. The largest absolute Gasteiger partial charge is 0.469 e. The van der Waals surface area contributed by atoms with Gasteiger partial charge in [0.25, 0.3) is 5.69 Å². The van der Waals surface area contributed by atoms with Crippen molar-refractivity contribution in [3.63, 3.8) is 0 Å². The fraction of sp³-hybridized carbons (Fsp3) is 0.417. The molecular weight excluding hydrogens is 286 g/mol. The van der Waals surface area contributed by atoms with Gasteiger partial charge in [0.15, 0.2) is 9.84 Å². The first-order valence-corrected chi connectivity index (χ1v) is 7.32. The van der Waals surface area contributed by atoms with E-state index in [-0.39, 0.29) is 10.6 Å². The molecule has 0 amide bonds. The quantitative estimate of drug-likeness (QED) is 0.464. The van der Waals surface area contributed by atoms with Crippen LogP contribution in [0.5, 0.6) is 0 Å². The highest BCUT2D eigenvalue weighted by molar-refractivity contribution is 7.92. The normalized spacial score (nSPS) is 14.3. The Bertz CT molecular complexity index is 607. The lowest BCUT2D eigenvalue weighted by Crippen LogP contribution is -2.31. The van der Waals surface area contributed by atoms with E-state index in [1.54, 1.807) is 0 Å². The van der Waals surface area contributed by atoms with Crippen LogP contribution in [-0.2, 0) is 19.4 Å². The van der Waals surface area contributed by atoms with Crippen LogP contribution in [-0.4, -0.2) is 31.7 Å². The Labute approximate surface area is 116 Å². The van der Waals surface area contributed by atoms with E-state index in [0.29, 0.717) is 0 Å². The summed E-state index contributed by atoms with van der Waals surface area (Å²) in [6, 6.07) is 4.55. The summed E-state index contributed by atoms with van der Waals surface area (Å²) in [6.45, 7) is 2.86. The summed E-state index contributed by atoms with van der Waals surface area (Å²) in [6.07, 6.45) is 0. The topological polar surface area (TPSA) is 104 Å². The van der Waals surface area contributed by atoms with Crippen LogP contribution in [0.25, 0.3) is 0 Å². The van der Waals surface area contributed by atoms with Gasteiger partial charge in [-0.05, 0) is 19.1 Å². The van der Waals surface area contributed by atoms with Crippen LogP contribution >= 0.6 is 0 Å². The molecule has 0 N–H and O–H groups in total. The highest BCUT2D eigenvalue weighted by Gasteiger charge is 2.33. The van der Waals surface area contributed by atoms with Crippen LogP contribution in [0.3, 0.4) is 0 Å². The van der Waals surface area contributed by atoms with Crippen molar-refractivity contribution < 1.29 is 22.9 Å². The van der Waals surface area contributed by atoms with Gasteiger partial charge >= 0.3 is 5.97 Å². The summed E-state index contributed by atoms with van der Waals surface area (Å²) in [5.74, 6) is -1.46. The molecule has 0 heterocycles. The number of hydrogen-bond acceptors (Lipinski definition) is 6. The van der Waals surface area contributed by atoms with Crippen molar-refractivity contribution >= 4 is 21.5 Å². The molecule has 0 saturated heterocycles. The van der Waals surface area contributed by atoms with Crippen molar-refractivity contribution in [3.8, 4) is 0 Å². The lowest BCUT2D eigenvalue weighted by Gasteiger charge is -2.18. The smallest absolute Gasteiger partial charge is 0.309 e. The molecule has 0 bridgehead atoms. The number of non-ortho nitro benzene ring substituents is 1. The minimum Gasteiger partial charge on any atom is -0.469 e. The summed E-state index contributed by atoms with van der Waals surface area (Å²) >= 11 is 0. The highest BCUT2D eigenvalue weighted by Crippen LogP contribution is 2.24. The van der Waals surface area contributed by atoms with E-state index in [0.717, 1.165) is 24.3 Å². The minimum atomic E-state index is -3.76. The van der Waals surface area contributed by atoms with E-state index in [1.165, 1.54) is 21.0 Å². The molecule has 2 unspecified atom stereocenters. The molecule has 110 valence electrons. The fourth-order valence-corrected chi connectivity index (χ4v) is 3.21. The van der Waals surface area contributed by atoms with Gasteiger partial charge in [0.2, 0.25) is 0 Å². The van der Waals surface area contributed by atoms with Crippen LogP contribution in [0, 0.1) is 16.0 Å². The zero-order valence-electron chi connectivity index (χ0n) is 11.3. The number of ether oxygens (including phenoxy) is 1. The van der Waals surface area contributed by atoms with Gasteiger partial charge in [-0.15, -0.1) is 0 Å². The molecule has 8 heteroatoms. The van der Waals surface area contributed by atoms with Gasteiger partial charge in [0.1, 0.15) is 0 Å². The van der Waals surface area contributed by atoms with Gasteiger partial charge in [-0.3, -0.25) is 14.9 Å². The Morgan fingerprint density at radius 2 is 1.75 bits per heavy atom. The van der Waals surface area contributed by atoms with Gasteiger partial charge in [0, 0.05) is 12.1 Å². The van der Waals surface area contributed by atoms with Crippen molar-refractivity contribution in [2.75, 3.05) is 7.11 Å². The maximum absolute atomic E-state index is 12.3. The summed E-state index contributed by atoms with van der Waals surface area (Å²) in [5.41, 5.74) is -0.197. The number of nitrogens with zero attached hydrogens (tertiary/aromatic N) is 1. The Kier molecular flexibility index (Phi) is 4.83. The summed E-state index contributed by atoms with van der Waals surface area (Å²) in [7, 11) is -2.57. The van der Waals surface area contributed by atoms with Crippen LogP contribution in [0.15, 0.2) is 29.2 Å². The van der Waals surface area contributed by atoms with Gasteiger partial charge in [-0.1, -0.05) is 6.92 Å². The number of rotatable bonds is 5. The predicted molar refractivity (Wildman–Crippen MR) is 70.9 cm³/mol. The summed E-state index contributed by atoms with van der Waals surface area (Å²) in [4.78, 5) is 21.2. The zero-order valence-corrected chi connectivity index (χ0v) is 12.1. The number of carbonyl (C=O) groups excluding carboxylic acids is 1. The Morgan fingerprint density at radius 1 is 1.25 bits per heavy atom. The van der Waals surface area contributed by atoms with Gasteiger partial charge in [0.05, 0.1) is 28.1 Å². The molecule has 0 radical (unpaired) electrons. The molecule has 2 atom stereocenters. The van der Waals surface area contributed by atoms with Crippen LogP contribution in [0.1, 0.15) is 13.8 Å². The molecule has 7 nitrogen and oxygen atoms in total. The number of benzene rings is 1. The second-order valence-electron chi connectivity index (χ2n) is 4.31. The Morgan fingerprint density at radius 3 is 2.15 bits per heavy atom. The summed E-state index contributed by atoms with van der Waals surface area (Å²) < 4.78 is 29.1. The first-order valence-electron chi connectivity index (χ1n) is 5.78. The van der Waals surface area contributed by atoms with E-state index in [4.69, 9.17) is 0 Å². The average Bonchev–Trinajstić information content (AvgIpc) is 2.44. The number of nitro benzene ring substituents is 1. The minimum absolute atomic E-state index is 0.0636. The van der Waals surface area contributed by atoms with Crippen LogP contribution < -0.4 is 0 Å². The predicted octanol–water partition coefficient (Wildman–Crippen LogP) is 1.57. The molecule has 1 aromatic rings. The molecular formula is C12H15NO6S. The molecule has 0 aromatic heterocycles. The monoisotopic (exact) mass is 301 g/mol. The average molecular weight is 301 g/mol. The first kappa shape index (κ1) is 16.1. The molecule has 0 aliphatic carbocycles. The second-order valence-corrected chi connectivity index (χ2v) is 6.62. The van der Waals surface area contributed by atoms with E-state index < -0.39 is 31.9 Å². The fourth-order valence-electron chi connectivity index (χ4n) is 1.62. The standard InChI is InChI=1S/C12H15NO6S/c1-8(12(14)19-3)9(2)20(17,18)11-6-4-10(5-7-11)13(15)16/h4-9H,1-3H3. The maximum Gasteiger partial charge on any atom is 0.309 e. The molecule has 0 aliphatic heterocycles. The third-order valence-electron chi connectivity index (χ3n) is 3.14. The van der Waals surface area contributed by atoms with Gasteiger partial charge < -0.3 is 4.74 Å². The van der Waals surface area contributed by atoms with Crippen LogP contribution in [0.4, 0.5) is 5.69 Å². The number of methoxy groups -OCH3 is 1. The highest BCUT2D eigenvalue weighted by atomic mass is 32.2. The zero-order chi connectivity index (χ0) is 15.5. The SMILES string of the molecule is COC(=O)C(C)C(C)S(=O)(=O)c1ccc([N+](=O)[O-])cc1. The number of carbonyl (C=O) groups is 1. The molecule has 0 fully saturated rings. The number of esters is 1. The maximum atomic E-state index is 12.3. The third kappa shape index (κ3) is 3.13. The Balaban J connectivity index is 3.10. The van der Waals surface area contributed by atoms with Crippen molar-refractivity contribution in [3.05, 3.63) is 34.4 Å². The number of hydrogen-bond donors (Lipinski definition) is 0. The van der Waals surface area contributed by atoms with Crippen molar-refractivity contribution in [2.24, 2.45) is 5.92 Å². The second kappa shape index (κ2) is 6.00. The van der Waals surface area contributed by atoms with E-state index in [1.807, 2.05) is 0 Å². The van der Waals surface area contributed by atoms with Crippen LogP contribution in [0.2, 0.25) is 0 Å². The first-order chi connectivity index (χ1) is 9.21. The molecule has 1 aromatic carbocycles. The van der Waals surface area contributed by atoms with E-state index in [2.05, 4.69) is 4.74 Å². The Hall–Kier alpha value is -1.96. The summed E-state index contributed by atoms with van der Waals surface area (Å²) in [5, 5.41) is 9.54. The number of sulfone groups is 1.